The minimum absolute atomic E-state index is 0.126. The van der Waals surface area contributed by atoms with Gasteiger partial charge in [-0.15, -0.1) is 5.10 Å². The zero-order chi connectivity index (χ0) is 21.1. The van der Waals surface area contributed by atoms with Crippen molar-refractivity contribution >= 4 is 23.4 Å². The third-order valence-electron chi connectivity index (χ3n) is 4.54. The lowest BCUT2D eigenvalue weighted by Gasteiger charge is -2.12. The molecule has 0 aliphatic heterocycles. The van der Waals surface area contributed by atoms with Crippen LogP contribution in [-0.2, 0) is 4.79 Å². The van der Waals surface area contributed by atoms with Crippen LogP contribution in [0.4, 0.5) is 5.69 Å². The molecule has 0 fully saturated rings. The number of nitrogens with zero attached hydrogens (tertiary/aromatic N) is 6. The Morgan fingerprint density at radius 2 is 1.83 bits per heavy atom. The number of hydrogen-bond acceptors (Lipinski definition) is 6. The topological polar surface area (TPSA) is 90.5 Å². The van der Waals surface area contributed by atoms with E-state index in [9.17, 15) is 4.79 Å². The molecule has 4 aromatic rings. The van der Waals surface area contributed by atoms with Gasteiger partial charge in [0, 0.05) is 18.1 Å². The van der Waals surface area contributed by atoms with Gasteiger partial charge in [0.2, 0.25) is 11.1 Å². The van der Waals surface area contributed by atoms with Crippen molar-refractivity contribution in [3.63, 3.8) is 0 Å². The average molecular weight is 420 g/mol. The lowest BCUT2D eigenvalue weighted by molar-refractivity contribution is -0.113. The summed E-state index contributed by atoms with van der Waals surface area (Å²) in [6.45, 7) is 6.13. The zero-order valence-electron chi connectivity index (χ0n) is 16.9. The van der Waals surface area contributed by atoms with Gasteiger partial charge in [-0.3, -0.25) is 4.79 Å². The maximum absolute atomic E-state index is 12.4. The summed E-state index contributed by atoms with van der Waals surface area (Å²) in [5.74, 6) is 0.0735. The van der Waals surface area contributed by atoms with Crippen LogP contribution < -0.4 is 5.32 Å². The number of tetrazole rings is 1. The number of hydrogen-bond donors (Lipinski definition) is 1. The van der Waals surface area contributed by atoms with E-state index < -0.39 is 0 Å². The van der Waals surface area contributed by atoms with Gasteiger partial charge in [-0.2, -0.15) is 9.78 Å². The molecule has 2 aromatic carbocycles. The van der Waals surface area contributed by atoms with Crippen LogP contribution in [0.25, 0.3) is 11.4 Å². The van der Waals surface area contributed by atoms with Gasteiger partial charge in [0.05, 0.1) is 17.1 Å². The lowest BCUT2D eigenvalue weighted by atomic mass is 10.1. The van der Waals surface area contributed by atoms with E-state index in [0.29, 0.717) is 5.16 Å². The second kappa shape index (κ2) is 8.50. The molecule has 0 unspecified atom stereocenters. The monoisotopic (exact) mass is 419 g/mol. The fraction of sp³-hybridized carbons (Fsp3) is 0.190. The minimum atomic E-state index is -0.126. The molecule has 2 aromatic heterocycles. The van der Waals surface area contributed by atoms with Crippen molar-refractivity contribution in [3.8, 4) is 11.4 Å². The number of anilines is 1. The first-order valence-corrected chi connectivity index (χ1v) is 10.4. The number of aryl methyl sites for hydroxylation is 3. The number of amides is 1. The van der Waals surface area contributed by atoms with Gasteiger partial charge < -0.3 is 5.32 Å². The Bertz CT molecular complexity index is 1140. The summed E-state index contributed by atoms with van der Waals surface area (Å²) < 4.78 is 3.46. The first-order chi connectivity index (χ1) is 14.5. The van der Waals surface area contributed by atoms with Crippen molar-refractivity contribution in [2.75, 3.05) is 11.1 Å². The SMILES string of the molecule is Cc1cc(C)c(-n2nnnc2SCC(=O)Nc2ccc(-n3cccn3)cc2)c(C)c1. The Morgan fingerprint density at radius 3 is 2.50 bits per heavy atom. The number of thioether (sulfide) groups is 1. The van der Waals surface area contributed by atoms with Gasteiger partial charge in [0.15, 0.2) is 0 Å². The maximum Gasteiger partial charge on any atom is 0.234 e. The molecule has 1 amide bonds. The molecular formula is C21H21N7OS. The van der Waals surface area contributed by atoms with Crippen molar-refractivity contribution in [2.45, 2.75) is 25.9 Å². The molecule has 8 nitrogen and oxygen atoms in total. The third-order valence-corrected chi connectivity index (χ3v) is 5.46. The van der Waals surface area contributed by atoms with Gasteiger partial charge in [-0.1, -0.05) is 29.5 Å². The Balaban J connectivity index is 1.41. The number of carbonyl (C=O) groups is 1. The molecule has 0 radical (unpaired) electrons. The first-order valence-electron chi connectivity index (χ1n) is 9.40. The van der Waals surface area contributed by atoms with E-state index in [0.717, 1.165) is 28.2 Å². The number of nitrogens with one attached hydrogen (secondary N) is 1. The van der Waals surface area contributed by atoms with Crippen LogP contribution in [0, 0.1) is 20.8 Å². The molecule has 0 aliphatic carbocycles. The molecule has 0 atom stereocenters. The minimum Gasteiger partial charge on any atom is -0.325 e. The smallest absolute Gasteiger partial charge is 0.234 e. The normalized spacial score (nSPS) is 10.9. The molecule has 0 saturated heterocycles. The van der Waals surface area contributed by atoms with Crippen molar-refractivity contribution in [1.82, 2.24) is 30.0 Å². The fourth-order valence-corrected chi connectivity index (χ4v) is 4.04. The fourth-order valence-electron chi connectivity index (χ4n) is 3.36. The zero-order valence-corrected chi connectivity index (χ0v) is 17.7. The number of rotatable bonds is 6. The Morgan fingerprint density at radius 1 is 1.10 bits per heavy atom. The van der Waals surface area contributed by atoms with E-state index >= 15 is 0 Å². The van der Waals surface area contributed by atoms with Crippen LogP contribution in [0.3, 0.4) is 0 Å². The summed E-state index contributed by atoms with van der Waals surface area (Å²) in [7, 11) is 0. The summed E-state index contributed by atoms with van der Waals surface area (Å²) in [6.07, 6.45) is 3.59. The number of benzene rings is 2. The summed E-state index contributed by atoms with van der Waals surface area (Å²) in [5, 5.41) is 19.7. The highest BCUT2D eigenvalue weighted by molar-refractivity contribution is 7.99. The lowest BCUT2D eigenvalue weighted by Crippen LogP contribution is -2.15. The Hall–Kier alpha value is -3.46. The van der Waals surface area contributed by atoms with Crippen molar-refractivity contribution in [3.05, 3.63) is 71.5 Å². The molecule has 0 saturated carbocycles. The Labute approximate surface area is 178 Å². The van der Waals surface area contributed by atoms with Crippen molar-refractivity contribution in [1.29, 1.82) is 0 Å². The molecule has 0 spiro atoms. The van der Waals surface area contributed by atoms with E-state index in [-0.39, 0.29) is 11.7 Å². The largest absolute Gasteiger partial charge is 0.325 e. The predicted molar refractivity (Wildman–Crippen MR) is 116 cm³/mol. The van der Waals surface area contributed by atoms with Gasteiger partial charge >= 0.3 is 0 Å². The van der Waals surface area contributed by atoms with Crippen LogP contribution in [0.1, 0.15) is 16.7 Å². The van der Waals surface area contributed by atoms with Gasteiger partial charge in [-0.05, 0) is 72.7 Å². The van der Waals surface area contributed by atoms with E-state index in [1.807, 2.05) is 50.4 Å². The predicted octanol–water partition coefficient (Wildman–Crippen LogP) is 3.50. The molecule has 2 heterocycles. The van der Waals surface area contributed by atoms with Crippen molar-refractivity contribution in [2.24, 2.45) is 0 Å². The summed E-state index contributed by atoms with van der Waals surface area (Å²) in [6, 6.07) is 13.6. The van der Waals surface area contributed by atoms with Crippen LogP contribution in [0.5, 0.6) is 0 Å². The molecule has 152 valence electrons. The van der Waals surface area contributed by atoms with Crippen LogP contribution in [0.2, 0.25) is 0 Å². The number of aromatic nitrogens is 6. The molecule has 4 rings (SSSR count). The summed E-state index contributed by atoms with van der Waals surface area (Å²) in [5.41, 5.74) is 5.96. The molecule has 30 heavy (non-hydrogen) atoms. The summed E-state index contributed by atoms with van der Waals surface area (Å²) in [4.78, 5) is 12.4. The van der Waals surface area contributed by atoms with E-state index in [1.54, 1.807) is 15.6 Å². The standard InChI is InChI=1S/C21H21N7OS/c1-14-11-15(2)20(16(3)12-14)28-21(24-25-26-28)30-13-19(29)23-17-5-7-18(8-6-17)27-10-4-9-22-27/h4-12H,13H2,1-3H3,(H,23,29). The quantitative estimate of drug-likeness (QED) is 0.481. The van der Waals surface area contributed by atoms with Gasteiger partial charge in [0.1, 0.15) is 0 Å². The maximum atomic E-state index is 12.4. The number of carbonyl (C=O) groups excluding carboxylic acids is 1. The molecule has 0 bridgehead atoms. The average Bonchev–Trinajstić information content (AvgIpc) is 3.39. The Kier molecular flexibility index (Phi) is 5.62. The highest BCUT2D eigenvalue weighted by Gasteiger charge is 2.15. The molecular weight excluding hydrogens is 398 g/mol. The van der Waals surface area contributed by atoms with E-state index in [2.05, 4.69) is 45.0 Å². The van der Waals surface area contributed by atoms with Crippen LogP contribution in [0.15, 0.2) is 60.0 Å². The van der Waals surface area contributed by atoms with E-state index in [1.165, 1.54) is 17.3 Å². The van der Waals surface area contributed by atoms with Gasteiger partial charge in [0.25, 0.3) is 0 Å². The third kappa shape index (κ3) is 4.25. The molecule has 1 N–H and O–H groups in total. The molecule has 0 aliphatic rings. The highest BCUT2D eigenvalue weighted by atomic mass is 32.2. The van der Waals surface area contributed by atoms with Gasteiger partial charge in [-0.25, -0.2) is 4.68 Å². The summed E-state index contributed by atoms with van der Waals surface area (Å²) >= 11 is 1.30. The van der Waals surface area contributed by atoms with E-state index in [4.69, 9.17) is 0 Å². The molecule has 9 heteroatoms. The van der Waals surface area contributed by atoms with Crippen LogP contribution >= 0.6 is 11.8 Å². The van der Waals surface area contributed by atoms with Crippen LogP contribution in [-0.4, -0.2) is 41.6 Å². The second-order valence-electron chi connectivity index (χ2n) is 6.95. The van der Waals surface area contributed by atoms with Crippen molar-refractivity contribution < 1.29 is 4.79 Å². The second-order valence-corrected chi connectivity index (χ2v) is 7.90. The first kappa shape index (κ1) is 19.8. The highest BCUT2D eigenvalue weighted by Crippen LogP contribution is 2.25.